The molecule has 2 aromatic heterocycles. The number of benzene rings is 1. The van der Waals surface area contributed by atoms with Crippen LogP contribution in [-0.2, 0) is 4.74 Å². The zero-order valence-corrected chi connectivity index (χ0v) is 18.8. The summed E-state index contributed by atoms with van der Waals surface area (Å²) in [6, 6.07) is 10.8. The molecule has 2 saturated heterocycles. The minimum Gasteiger partial charge on any atom is -0.378 e. The maximum atomic E-state index is 5.48. The smallest absolute Gasteiger partial charge is 0.157 e. The predicted molar refractivity (Wildman–Crippen MR) is 129 cm³/mol. The van der Waals surface area contributed by atoms with E-state index in [4.69, 9.17) is 9.72 Å². The number of pyridine rings is 1. The summed E-state index contributed by atoms with van der Waals surface area (Å²) in [5.74, 6) is 1.57. The Bertz CT molecular complexity index is 1030. The van der Waals surface area contributed by atoms with Gasteiger partial charge in [-0.1, -0.05) is 12.1 Å². The number of ether oxygens (including phenoxy) is 1. The quantitative estimate of drug-likeness (QED) is 0.641. The predicted octanol–water partition coefficient (Wildman–Crippen LogP) is 3.35. The first-order valence-corrected chi connectivity index (χ1v) is 11.8. The Morgan fingerprint density at radius 2 is 1.94 bits per heavy atom. The molecule has 7 heteroatoms. The summed E-state index contributed by atoms with van der Waals surface area (Å²) in [4.78, 5) is 19.1. The van der Waals surface area contributed by atoms with E-state index in [2.05, 4.69) is 62.3 Å². The van der Waals surface area contributed by atoms with Crippen LogP contribution in [0.15, 0.2) is 42.7 Å². The van der Waals surface area contributed by atoms with Gasteiger partial charge in [0, 0.05) is 49.8 Å². The van der Waals surface area contributed by atoms with Crippen LogP contribution in [0.1, 0.15) is 19.8 Å². The molecule has 0 radical (unpaired) electrons. The SMILES string of the molecule is CCN(CC1CCCNC1)c1nc(-c2ccc(N3CCOCC3)cc2)cc2nccnc12. The highest BCUT2D eigenvalue weighted by Gasteiger charge is 2.21. The van der Waals surface area contributed by atoms with E-state index in [1.807, 2.05) is 0 Å². The van der Waals surface area contributed by atoms with E-state index in [1.54, 1.807) is 12.4 Å². The Labute approximate surface area is 189 Å². The summed E-state index contributed by atoms with van der Waals surface area (Å²) in [6.07, 6.45) is 6.03. The van der Waals surface area contributed by atoms with Crippen LogP contribution >= 0.6 is 0 Å². The Hall–Kier alpha value is -2.77. The number of nitrogens with one attached hydrogen (secondary N) is 1. The van der Waals surface area contributed by atoms with E-state index in [0.29, 0.717) is 5.92 Å². The van der Waals surface area contributed by atoms with Gasteiger partial charge in [0.05, 0.1) is 24.4 Å². The molecular formula is C25H32N6O. The van der Waals surface area contributed by atoms with Crippen LogP contribution in [0.3, 0.4) is 0 Å². The molecule has 1 unspecified atom stereocenters. The standard InChI is InChI=1S/C25H32N6O/c1-2-30(18-19-4-3-9-26-17-19)25-24-23(27-10-11-28-24)16-22(29-25)20-5-7-21(8-6-20)31-12-14-32-15-13-31/h5-8,10-11,16,19,26H,2-4,9,12-15,17-18H2,1H3. The minimum absolute atomic E-state index is 0.633. The molecule has 2 aliphatic heterocycles. The maximum absolute atomic E-state index is 5.48. The van der Waals surface area contributed by atoms with Crippen molar-refractivity contribution in [1.29, 1.82) is 0 Å². The molecule has 2 aliphatic rings. The lowest BCUT2D eigenvalue weighted by Gasteiger charge is -2.30. The number of hydrogen-bond donors (Lipinski definition) is 1. The number of anilines is 2. The fraction of sp³-hybridized carbons (Fsp3) is 0.480. The number of rotatable bonds is 6. The lowest BCUT2D eigenvalue weighted by atomic mass is 9.99. The Kier molecular flexibility index (Phi) is 6.46. The normalized spacial score (nSPS) is 19.3. The molecule has 0 amide bonds. The molecule has 7 nitrogen and oxygen atoms in total. The fourth-order valence-corrected chi connectivity index (χ4v) is 4.75. The van der Waals surface area contributed by atoms with Gasteiger partial charge in [-0.2, -0.15) is 0 Å². The average Bonchev–Trinajstić information content (AvgIpc) is 2.88. The van der Waals surface area contributed by atoms with Gasteiger partial charge in [0.2, 0.25) is 0 Å². The van der Waals surface area contributed by atoms with Gasteiger partial charge in [0.15, 0.2) is 5.82 Å². The highest BCUT2D eigenvalue weighted by Crippen LogP contribution is 2.30. The van der Waals surface area contributed by atoms with Crippen molar-refractivity contribution in [3.05, 3.63) is 42.7 Å². The molecule has 2 fully saturated rings. The number of piperidine rings is 1. The van der Waals surface area contributed by atoms with Crippen molar-refractivity contribution in [2.24, 2.45) is 5.92 Å². The van der Waals surface area contributed by atoms with Crippen molar-refractivity contribution in [2.45, 2.75) is 19.8 Å². The van der Waals surface area contributed by atoms with E-state index in [9.17, 15) is 0 Å². The van der Waals surface area contributed by atoms with Gasteiger partial charge in [0.1, 0.15) is 5.52 Å². The fourth-order valence-electron chi connectivity index (χ4n) is 4.75. The van der Waals surface area contributed by atoms with E-state index >= 15 is 0 Å². The lowest BCUT2D eigenvalue weighted by molar-refractivity contribution is 0.122. The van der Waals surface area contributed by atoms with Gasteiger partial charge in [0.25, 0.3) is 0 Å². The van der Waals surface area contributed by atoms with Crippen molar-refractivity contribution in [1.82, 2.24) is 20.3 Å². The van der Waals surface area contributed by atoms with Gasteiger partial charge >= 0.3 is 0 Å². The van der Waals surface area contributed by atoms with Gasteiger partial charge in [-0.15, -0.1) is 0 Å². The summed E-state index contributed by atoms with van der Waals surface area (Å²) < 4.78 is 5.48. The summed E-state index contributed by atoms with van der Waals surface area (Å²) in [5.41, 5.74) is 5.06. The first-order chi connectivity index (χ1) is 15.8. The van der Waals surface area contributed by atoms with Crippen LogP contribution in [-0.4, -0.2) is 67.4 Å². The third kappa shape index (κ3) is 4.54. The first-order valence-electron chi connectivity index (χ1n) is 11.8. The van der Waals surface area contributed by atoms with E-state index in [1.165, 1.54) is 18.5 Å². The van der Waals surface area contributed by atoms with E-state index < -0.39 is 0 Å². The largest absolute Gasteiger partial charge is 0.378 e. The number of hydrogen-bond acceptors (Lipinski definition) is 7. The van der Waals surface area contributed by atoms with Crippen molar-refractivity contribution < 1.29 is 4.74 Å². The molecule has 0 aliphatic carbocycles. The first kappa shape index (κ1) is 21.1. The average molecular weight is 433 g/mol. The summed E-state index contributed by atoms with van der Waals surface area (Å²) in [6.45, 7) is 9.75. The zero-order valence-electron chi connectivity index (χ0n) is 18.8. The second kappa shape index (κ2) is 9.79. The Morgan fingerprint density at radius 3 is 2.69 bits per heavy atom. The van der Waals surface area contributed by atoms with Crippen molar-refractivity contribution >= 4 is 22.5 Å². The minimum atomic E-state index is 0.633. The molecule has 1 atom stereocenters. The topological polar surface area (TPSA) is 66.4 Å². The Morgan fingerprint density at radius 1 is 1.12 bits per heavy atom. The molecule has 32 heavy (non-hydrogen) atoms. The summed E-state index contributed by atoms with van der Waals surface area (Å²) in [5, 5.41) is 3.54. The van der Waals surface area contributed by atoms with Gasteiger partial charge in [-0.3, -0.25) is 4.98 Å². The van der Waals surface area contributed by atoms with Crippen LogP contribution in [0, 0.1) is 5.92 Å². The third-order valence-corrected chi connectivity index (χ3v) is 6.54. The molecule has 4 heterocycles. The second-order valence-electron chi connectivity index (χ2n) is 8.65. The van der Waals surface area contributed by atoms with E-state index in [0.717, 1.165) is 80.6 Å². The van der Waals surface area contributed by atoms with Crippen molar-refractivity contribution in [2.75, 3.05) is 62.3 Å². The zero-order chi connectivity index (χ0) is 21.8. The molecule has 0 bridgehead atoms. The Balaban J connectivity index is 1.47. The maximum Gasteiger partial charge on any atom is 0.157 e. The molecule has 0 saturated carbocycles. The van der Waals surface area contributed by atoms with Crippen LogP contribution in [0.4, 0.5) is 11.5 Å². The van der Waals surface area contributed by atoms with Gasteiger partial charge in [-0.25, -0.2) is 9.97 Å². The second-order valence-corrected chi connectivity index (χ2v) is 8.65. The number of fused-ring (bicyclic) bond motifs is 1. The van der Waals surface area contributed by atoms with E-state index in [-0.39, 0.29) is 0 Å². The molecule has 5 rings (SSSR count). The number of morpholine rings is 1. The molecular weight excluding hydrogens is 400 g/mol. The van der Waals surface area contributed by atoms with Crippen LogP contribution in [0.2, 0.25) is 0 Å². The number of aromatic nitrogens is 3. The highest BCUT2D eigenvalue weighted by atomic mass is 16.5. The number of nitrogens with zero attached hydrogens (tertiary/aromatic N) is 5. The molecule has 3 aromatic rings. The van der Waals surface area contributed by atoms with Crippen LogP contribution in [0.5, 0.6) is 0 Å². The third-order valence-electron chi connectivity index (χ3n) is 6.54. The van der Waals surface area contributed by atoms with Crippen LogP contribution in [0.25, 0.3) is 22.3 Å². The monoisotopic (exact) mass is 432 g/mol. The molecule has 0 spiro atoms. The highest BCUT2D eigenvalue weighted by molar-refractivity contribution is 5.89. The van der Waals surface area contributed by atoms with Gasteiger partial charge < -0.3 is 19.9 Å². The molecule has 168 valence electrons. The summed E-state index contributed by atoms with van der Waals surface area (Å²) in [7, 11) is 0. The molecule has 1 N–H and O–H groups in total. The lowest BCUT2D eigenvalue weighted by Crippen LogP contribution is -2.38. The van der Waals surface area contributed by atoms with Crippen molar-refractivity contribution in [3.8, 4) is 11.3 Å². The van der Waals surface area contributed by atoms with Crippen molar-refractivity contribution in [3.63, 3.8) is 0 Å². The van der Waals surface area contributed by atoms with Gasteiger partial charge in [-0.05, 0) is 57.0 Å². The van der Waals surface area contributed by atoms with Crippen LogP contribution < -0.4 is 15.1 Å². The summed E-state index contributed by atoms with van der Waals surface area (Å²) >= 11 is 0. The molecule has 1 aromatic carbocycles.